The quantitative estimate of drug-likeness (QED) is 0.677. The van der Waals surface area contributed by atoms with Gasteiger partial charge in [-0.15, -0.1) is 0 Å². The van der Waals surface area contributed by atoms with Gasteiger partial charge in [0.1, 0.15) is 0 Å². The second-order valence-electron chi connectivity index (χ2n) is 5.29. The highest BCUT2D eigenvalue weighted by atomic mass is 35.5. The van der Waals surface area contributed by atoms with Gasteiger partial charge in [0.15, 0.2) is 0 Å². The zero-order valence-electron chi connectivity index (χ0n) is 12.1. The third-order valence-electron chi connectivity index (χ3n) is 3.85. The summed E-state index contributed by atoms with van der Waals surface area (Å²) in [5.74, 6) is 0. The normalized spacial score (nSPS) is 12.7. The number of rotatable bonds is 5. The van der Waals surface area contributed by atoms with E-state index >= 15 is 0 Å². The van der Waals surface area contributed by atoms with E-state index < -0.39 is 0 Å². The van der Waals surface area contributed by atoms with Crippen LogP contribution >= 0.6 is 11.6 Å². The van der Waals surface area contributed by atoms with Crippen molar-refractivity contribution in [2.45, 2.75) is 25.9 Å². The van der Waals surface area contributed by atoms with Crippen LogP contribution in [0.3, 0.4) is 0 Å². The maximum Gasteiger partial charge on any atom is 0.0454 e. The molecule has 3 rings (SSSR count). The van der Waals surface area contributed by atoms with E-state index in [4.69, 9.17) is 11.6 Å². The lowest BCUT2D eigenvalue weighted by Gasteiger charge is -2.17. The number of nitrogens with one attached hydrogen (secondary N) is 2. The highest BCUT2D eigenvalue weighted by Gasteiger charge is 2.08. The van der Waals surface area contributed by atoms with Gasteiger partial charge in [-0.3, -0.25) is 0 Å². The summed E-state index contributed by atoms with van der Waals surface area (Å²) in [5, 5.41) is 5.67. The van der Waals surface area contributed by atoms with Gasteiger partial charge in [-0.2, -0.15) is 0 Å². The fourth-order valence-electron chi connectivity index (χ4n) is 2.65. The van der Waals surface area contributed by atoms with Gasteiger partial charge in [-0.1, -0.05) is 36.7 Å². The average Bonchev–Trinajstić information content (AvgIpc) is 2.97. The summed E-state index contributed by atoms with van der Waals surface area (Å²) in [5.41, 5.74) is 3.77. The van der Waals surface area contributed by atoms with Gasteiger partial charge >= 0.3 is 0 Å². The lowest BCUT2D eigenvalue weighted by Crippen LogP contribution is -2.20. The molecule has 0 bridgehead atoms. The number of halogens is 1. The van der Waals surface area contributed by atoms with Gasteiger partial charge in [0.05, 0.1) is 0 Å². The first-order valence-corrected chi connectivity index (χ1v) is 7.69. The standard InChI is InChI=1S/C18H19ClN2/c1-2-17(14-4-6-16(19)7-5-14)21-12-13-3-8-18-15(11-13)9-10-20-18/h3-11,17,20-21H,2,12H2,1H3. The predicted octanol–water partition coefficient (Wildman–Crippen LogP) is 5.06. The molecule has 2 N–H and O–H groups in total. The van der Waals surface area contributed by atoms with E-state index in [-0.39, 0.29) is 0 Å². The van der Waals surface area contributed by atoms with Crippen molar-refractivity contribution >= 4 is 22.5 Å². The highest BCUT2D eigenvalue weighted by molar-refractivity contribution is 6.30. The molecule has 3 heteroatoms. The van der Waals surface area contributed by atoms with E-state index in [1.165, 1.54) is 22.0 Å². The molecule has 2 nitrogen and oxygen atoms in total. The van der Waals surface area contributed by atoms with Crippen LogP contribution < -0.4 is 5.32 Å². The Bertz CT molecular complexity index is 715. The Balaban J connectivity index is 1.70. The summed E-state index contributed by atoms with van der Waals surface area (Å²) in [6, 6.07) is 17.1. The van der Waals surface area contributed by atoms with E-state index in [2.05, 4.69) is 53.6 Å². The van der Waals surface area contributed by atoms with Crippen molar-refractivity contribution < 1.29 is 0 Å². The fraction of sp³-hybridized carbons (Fsp3) is 0.222. The summed E-state index contributed by atoms with van der Waals surface area (Å²) in [6.45, 7) is 3.06. The molecule has 2 aromatic carbocycles. The van der Waals surface area contributed by atoms with Crippen molar-refractivity contribution in [1.82, 2.24) is 10.3 Å². The van der Waals surface area contributed by atoms with E-state index in [9.17, 15) is 0 Å². The van der Waals surface area contributed by atoms with E-state index in [1.807, 2.05) is 18.3 Å². The Morgan fingerprint density at radius 2 is 1.90 bits per heavy atom. The van der Waals surface area contributed by atoms with Gasteiger partial charge in [0.2, 0.25) is 0 Å². The number of fused-ring (bicyclic) bond motifs is 1. The number of benzene rings is 2. The molecule has 0 radical (unpaired) electrons. The minimum absolute atomic E-state index is 0.351. The first-order chi connectivity index (χ1) is 10.3. The van der Waals surface area contributed by atoms with Gasteiger partial charge in [0.25, 0.3) is 0 Å². The number of H-pyrrole nitrogens is 1. The molecule has 1 heterocycles. The van der Waals surface area contributed by atoms with Crippen LogP contribution in [0.2, 0.25) is 5.02 Å². The number of hydrogen-bond acceptors (Lipinski definition) is 1. The zero-order chi connectivity index (χ0) is 14.7. The summed E-state index contributed by atoms with van der Waals surface area (Å²) < 4.78 is 0. The molecule has 0 aliphatic carbocycles. The van der Waals surface area contributed by atoms with E-state index in [0.29, 0.717) is 6.04 Å². The van der Waals surface area contributed by atoms with E-state index in [0.717, 1.165) is 18.0 Å². The van der Waals surface area contributed by atoms with Crippen LogP contribution in [-0.2, 0) is 6.54 Å². The molecule has 1 atom stereocenters. The molecule has 1 aromatic heterocycles. The minimum atomic E-state index is 0.351. The maximum atomic E-state index is 5.95. The largest absolute Gasteiger partial charge is 0.361 e. The van der Waals surface area contributed by atoms with Gasteiger partial charge in [-0.25, -0.2) is 0 Å². The second-order valence-corrected chi connectivity index (χ2v) is 5.73. The van der Waals surface area contributed by atoms with Crippen LogP contribution in [0.1, 0.15) is 30.5 Å². The summed E-state index contributed by atoms with van der Waals surface area (Å²) in [7, 11) is 0. The van der Waals surface area contributed by atoms with Crippen LogP contribution in [0.25, 0.3) is 10.9 Å². The van der Waals surface area contributed by atoms with Crippen molar-refractivity contribution in [3.63, 3.8) is 0 Å². The van der Waals surface area contributed by atoms with Crippen molar-refractivity contribution in [3.8, 4) is 0 Å². The molecule has 0 saturated heterocycles. The first kappa shape index (κ1) is 14.2. The van der Waals surface area contributed by atoms with Gasteiger partial charge in [-0.05, 0) is 53.3 Å². The highest BCUT2D eigenvalue weighted by Crippen LogP contribution is 2.20. The molecule has 3 aromatic rings. The van der Waals surface area contributed by atoms with Crippen molar-refractivity contribution in [2.75, 3.05) is 0 Å². The Morgan fingerprint density at radius 1 is 1.10 bits per heavy atom. The van der Waals surface area contributed by atoms with Crippen LogP contribution in [0.5, 0.6) is 0 Å². The van der Waals surface area contributed by atoms with E-state index in [1.54, 1.807) is 0 Å². The second kappa shape index (κ2) is 6.33. The molecular formula is C18H19ClN2. The number of aromatic nitrogens is 1. The summed E-state index contributed by atoms with van der Waals surface area (Å²) in [6.07, 6.45) is 3.03. The average molecular weight is 299 g/mol. The molecule has 0 aliphatic heterocycles. The van der Waals surface area contributed by atoms with Crippen molar-refractivity contribution in [2.24, 2.45) is 0 Å². The Morgan fingerprint density at radius 3 is 2.67 bits per heavy atom. The first-order valence-electron chi connectivity index (χ1n) is 7.31. The van der Waals surface area contributed by atoms with Crippen LogP contribution in [-0.4, -0.2) is 4.98 Å². The SMILES string of the molecule is CCC(NCc1ccc2[nH]ccc2c1)c1ccc(Cl)cc1. The minimum Gasteiger partial charge on any atom is -0.361 e. The van der Waals surface area contributed by atoms with Gasteiger partial charge < -0.3 is 10.3 Å². The third kappa shape index (κ3) is 3.29. The lowest BCUT2D eigenvalue weighted by atomic mass is 10.0. The molecule has 21 heavy (non-hydrogen) atoms. The molecular weight excluding hydrogens is 280 g/mol. The van der Waals surface area contributed by atoms with Crippen LogP contribution in [0.4, 0.5) is 0 Å². The fourth-order valence-corrected chi connectivity index (χ4v) is 2.77. The summed E-state index contributed by atoms with van der Waals surface area (Å²) in [4.78, 5) is 3.22. The molecule has 0 amide bonds. The number of aromatic amines is 1. The summed E-state index contributed by atoms with van der Waals surface area (Å²) >= 11 is 5.95. The maximum absolute atomic E-state index is 5.95. The zero-order valence-corrected chi connectivity index (χ0v) is 12.8. The Hall–Kier alpha value is -1.77. The van der Waals surface area contributed by atoms with Crippen molar-refractivity contribution in [3.05, 3.63) is 70.9 Å². The Labute approximate surface area is 130 Å². The molecule has 0 fully saturated rings. The Kier molecular flexibility index (Phi) is 4.28. The van der Waals surface area contributed by atoms with Gasteiger partial charge in [0, 0.05) is 29.3 Å². The lowest BCUT2D eigenvalue weighted by molar-refractivity contribution is 0.519. The third-order valence-corrected chi connectivity index (χ3v) is 4.10. The van der Waals surface area contributed by atoms with Crippen molar-refractivity contribution in [1.29, 1.82) is 0 Å². The molecule has 0 aliphatic rings. The molecule has 1 unspecified atom stereocenters. The molecule has 0 saturated carbocycles. The molecule has 108 valence electrons. The topological polar surface area (TPSA) is 27.8 Å². The van der Waals surface area contributed by atoms with Crippen LogP contribution in [0, 0.1) is 0 Å². The molecule has 0 spiro atoms. The predicted molar refractivity (Wildman–Crippen MR) is 89.6 cm³/mol. The van der Waals surface area contributed by atoms with Crippen LogP contribution in [0.15, 0.2) is 54.7 Å². The monoisotopic (exact) mass is 298 g/mol. The number of hydrogen-bond donors (Lipinski definition) is 2. The smallest absolute Gasteiger partial charge is 0.0454 e.